The largest absolute Gasteiger partial charge is 0.298 e. The molecular formula is C11H17N3OS. The zero-order chi connectivity index (χ0) is 11.4. The smallest absolute Gasteiger partial charge is 0.153 e. The van der Waals surface area contributed by atoms with Gasteiger partial charge in [0.15, 0.2) is 5.78 Å². The van der Waals surface area contributed by atoms with Gasteiger partial charge in [-0.15, -0.1) is 0 Å². The van der Waals surface area contributed by atoms with E-state index in [0.29, 0.717) is 12.2 Å². The van der Waals surface area contributed by atoms with Crippen molar-refractivity contribution in [2.24, 2.45) is 0 Å². The third kappa shape index (κ3) is 2.64. The van der Waals surface area contributed by atoms with Crippen LogP contribution in [0.3, 0.4) is 0 Å². The fraction of sp³-hybridized carbons (Fsp3) is 0.727. The summed E-state index contributed by atoms with van der Waals surface area (Å²) in [7, 11) is 0. The Kier molecular flexibility index (Phi) is 3.98. The summed E-state index contributed by atoms with van der Waals surface area (Å²) in [5.41, 5.74) is 0. The summed E-state index contributed by atoms with van der Waals surface area (Å²) >= 11 is 1.80. The summed E-state index contributed by atoms with van der Waals surface area (Å²) in [6.07, 6.45) is 5.43. The minimum Gasteiger partial charge on any atom is -0.298 e. The van der Waals surface area contributed by atoms with Gasteiger partial charge in [-0.3, -0.25) is 4.79 Å². The van der Waals surface area contributed by atoms with Crippen LogP contribution in [-0.2, 0) is 17.8 Å². The molecule has 1 atom stereocenters. The van der Waals surface area contributed by atoms with Crippen LogP contribution in [0.1, 0.15) is 32.0 Å². The molecule has 0 saturated carbocycles. The van der Waals surface area contributed by atoms with E-state index in [1.165, 1.54) is 19.2 Å². The van der Waals surface area contributed by atoms with Crippen molar-refractivity contribution in [3.63, 3.8) is 0 Å². The molecule has 5 heteroatoms. The number of aromatic nitrogens is 3. The zero-order valence-corrected chi connectivity index (χ0v) is 10.4. The lowest BCUT2D eigenvalue weighted by molar-refractivity contribution is -0.118. The molecule has 1 unspecified atom stereocenters. The minimum absolute atomic E-state index is 0.191. The highest BCUT2D eigenvalue weighted by Crippen LogP contribution is 2.26. The highest BCUT2D eigenvalue weighted by atomic mass is 32.2. The Morgan fingerprint density at radius 1 is 1.62 bits per heavy atom. The molecule has 88 valence electrons. The average molecular weight is 239 g/mol. The first-order chi connectivity index (χ1) is 7.81. The van der Waals surface area contributed by atoms with Crippen molar-refractivity contribution in [2.45, 2.75) is 44.4 Å². The van der Waals surface area contributed by atoms with E-state index in [1.807, 2.05) is 6.92 Å². The Balaban J connectivity index is 1.95. The van der Waals surface area contributed by atoms with Crippen LogP contribution in [0.25, 0.3) is 0 Å². The Morgan fingerprint density at radius 2 is 2.50 bits per heavy atom. The van der Waals surface area contributed by atoms with Gasteiger partial charge in [0.25, 0.3) is 0 Å². The van der Waals surface area contributed by atoms with Gasteiger partial charge in [0.05, 0.1) is 11.7 Å². The van der Waals surface area contributed by atoms with Crippen molar-refractivity contribution in [1.82, 2.24) is 14.8 Å². The Hall–Kier alpha value is -0.840. The first-order valence-corrected chi connectivity index (χ1v) is 6.87. The van der Waals surface area contributed by atoms with E-state index < -0.39 is 0 Å². The Bertz CT molecular complexity index is 358. The summed E-state index contributed by atoms with van der Waals surface area (Å²) in [4.78, 5) is 16.2. The molecule has 4 nitrogen and oxygen atoms in total. The number of carbonyl (C=O) groups is 1. The lowest BCUT2D eigenvalue weighted by Crippen LogP contribution is -2.24. The first-order valence-electron chi connectivity index (χ1n) is 5.82. The molecule has 2 heterocycles. The summed E-state index contributed by atoms with van der Waals surface area (Å²) in [5.74, 6) is 2.24. The molecule has 1 aliphatic rings. The molecule has 1 aromatic heterocycles. The lowest BCUT2D eigenvalue weighted by Gasteiger charge is -2.19. The molecule has 0 radical (unpaired) electrons. The van der Waals surface area contributed by atoms with Gasteiger partial charge in [-0.1, -0.05) is 6.42 Å². The second-order valence-electron chi connectivity index (χ2n) is 3.99. The van der Waals surface area contributed by atoms with E-state index in [0.717, 1.165) is 24.5 Å². The van der Waals surface area contributed by atoms with Crippen LogP contribution in [0.15, 0.2) is 6.33 Å². The van der Waals surface area contributed by atoms with E-state index in [1.54, 1.807) is 16.4 Å². The molecule has 0 bridgehead atoms. The first kappa shape index (κ1) is 11.6. The highest BCUT2D eigenvalue weighted by Gasteiger charge is 2.23. The standard InChI is InChI=1S/C11H17N3OS/c1-2-14-11(12-8-13-14)7-9(15)10-5-3-4-6-16-10/h8,10H,2-7H2,1H3. The van der Waals surface area contributed by atoms with E-state index in [2.05, 4.69) is 10.1 Å². The SMILES string of the molecule is CCn1ncnc1CC(=O)C1CCCCS1. The molecule has 0 spiro atoms. The van der Waals surface area contributed by atoms with E-state index in [4.69, 9.17) is 0 Å². The second-order valence-corrected chi connectivity index (χ2v) is 5.30. The van der Waals surface area contributed by atoms with Gasteiger partial charge in [-0.05, 0) is 25.5 Å². The molecule has 0 N–H and O–H groups in total. The van der Waals surface area contributed by atoms with Crippen LogP contribution in [-0.4, -0.2) is 31.6 Å². The van der Waals surface area contributed by atoms with Crippen molar-refractivity contribution < 1.29 is 4.79 Å². The topological polar surface area (TPSA) is 47.8 Å². The normalized spacial score (nSPS) is 20.9. The lowest BCUT2D eigenvalue weighted by atomic mass is 10.1. The number of ketones is 1. The fourth-order valence-electron chi connectivity index (χ4n) is 1.95. The molecule has 0 aliphatic carbocycles. The zero-order valence-electron chi connectivity index (χ0n) is 9.56. The van der Waals surface area contributed by atoms with Gasteiger partial charge >= 0.3 is 0 Å². The number of carbonyl (C=O) groups excluding carboxylic acids is 1. The molecule has 0 aromatic carbocycles. The maximum absolute atomic E-state index is 12.0. The minimum atomic E-state index is 0.191. The number of Topliss-reactive ketones (excluding diaryl/α,β-unsaturated/α-hetero) is 1. The van der Waals surface area contributed by atoms with Gasteiger partial charge in [0, 0.05) is 6.54 Å². The maximum atomic E-state index is 12.0. The molecule has 16 heavy (non-hydrogen) atoms. The van der Waals surface area contributed by atoms with Crippen LogP contribution in [0.2, 0.25) is 0 Å². The van der Waals surface area contributed by atoms with E-state index in [-0.39, 0.29) is 5.25 Å². The summed E-state index contributed by atoms with van der Waals surface area (Å²) in [6.45, 7) is 2.79. The Morgan fingerprint density at radius 3 is 3.19 bits per heavy atom. The van der Waals surface area contributed by atoms with Gasteiger partial charge in [-0.2, -0.15) is 16.9 Å². The molecule has 2 rings (SSSR count). The molecule has 1 aromatic rings. The number of thioether (sulfide) groups is 1. The number of aryl methyl sites for hydroxylation is 1. The number of hydrogen-bond donors (Lipinski definition) is 0. The van der Waals surface area contributed by atoms with Crippen LogP contribution >= 0.6 is 11.8 Å². The third-order valence-electron chi connectivity index (χ3n) is 2.87. The van der Waals surface area contributed by atoms with Crippen LogP contribution in [0.5, 0.6) is 0 Å². The molecule has 1 fully saturated rings. The highest BCUT2D eigenvalue weighted by molar-refractivity contribution is 8.00. The fourth-order valence-corrected chi connectivity index (χ4v) is 3.21. The molecule has 1 aliphatic heterocycles. The van der Waals surface area contributed by atoms with Crippen molar-refractivity contribution in [3.05, 3.63) is 12.2 Å². The van der Waals surface area contributed by atoms with E-state index in [9.17, 15) is 4.79 Å². The molecule has 0 amide bonds. The number of nitrogens with zero attached hydrogens (tertiary/aromatic N) is 3. The van der Waals surface area contributed by atoms with Gasteiger partial charge in [0.1, 0.15) is 12.2 Å². The van der Waals surface area contributed by atoms with E-state index >= 15 is 0 Å². The van der Waals surface area contributed by atoms with Crippen LogP contribution in [0.4, 0.5) is 0 Å². The summed E-state index contributed by atoms with van der Waals surface area (Å²) in [5, 5.41) is 4.27. The van der Waals surface area contributed by atoms with Crippen molar-refractivity contribution in [2.75, 3.05) is 5.75 Å². The second kappa shape index (κ2) is 5.48. The van der Waals surface area contributed by atoms with Crippen LogP contribution in [0, 0.1) is 0 Å². The van der Waals surface area contributed by atoms with Crippen molar-refractivity contribution in [3.8, 4) is 0 Å². The number of rotatable bonds is 4. The van der Waals surface area contributed by atoms with Gasteiger partial charge in [-0.25, -0.2) is 9.67 Å². The summed E-state index contributed by atoms with van der Waals surface area (Å²) in [6, 6.07) is 0. The van der Waals surface area contributed by atoms with Gasteiger partial charge < -0.3 is 0 Å². The number of hydrogen-bond acceptors (Lipinski definition) is 4. The predicted octanol–water partition coefficient (Wildman–Crippen LogP) is 1.70. The van der Waals surface area contributed by atoms with Gasteiger partial charge in [0.2, 0.25) is 0 Å². The molecular weight excluding hydrogens is 222 g/mol. The quantitative estimate of drug-likeness (QED) is 0.802. The average Bonchev–Trinajstić information content (AvgIpc) is 2.77. The van der Waals surface area contributed by atoms with Crippen molar-refractivity contribution >= 4 is 17.5 Å². The van der Waals surface area contributed by atoms with Crippen LogP contribution < -0.4 is 0 Å². The maximum Gasteiger partial charge on any atom is 0.153 e. The molecule has 1 saturated heterocycles. The third-order valence-corrected chi connectivity index (χ3v) is 4.29. The monoisotopic (exact) mass is 239 g/mol. The summed E-state index contributed by atoms with van der Waals surface area (Å²) < 4.78 is 1.80. The van der Waals surface area contributed by atoms with Crippen molar-refractivity contribution in [1.29, 1.82) is 0 Å². The predicted molar refractivity (Wildman–Crippen MR) is 64.5 cm³/mol. The Labute approximate surface area is 99.8 Å².